The number of rotatable bonds is 6. The number of hydrogen-bond acceptors (Lipinski definition) is 4. The summed E-state index contributed by atoms with van der Waals surface area (Å²) in [4.78, 5) is 22.8. The molecule has 1 saturated carbocycles. The van der Waals surface area contributed by atoms with Crippen molar-refractivity contribution >= 4 is 21.8 Å². The van der Waals surface area contributed by atoms with E-state index in [0.29, 0.717) is 13.0 Å². The van der Waals surface area contributed by atoms with Gasteiger partial charge in [0, 0.05) is 18.8 Å². The standard InChI is InChI=1S/C13H24N2O5S/c1-9(8-21(2,19)20)15-13(18)14-7-10-5-3-4-6-11(10)12(16)17/h9-11H,3-8H2,1-2H3,(H,16,17)(H2,14,15,18). The molecule has 0 radical (unpaired) electrons. The van der Waals surface area contributed by atoms with Gasteiger partial charge >= 0.3 is 12.0 Å². The van der Waals surface area contributed by atoms with E-state index in [-0.39, 0.29) is 11.7 Å². The molecule has 0 spiro atoms. The number of aliphatic carboxylic acids is 1. The fourth-order valence-electron chi connectivity index (χ4n) is 2.77. The van der Waals surface area contributed by atoms with E-state index in [1.54, 1.807) is 6.92 Å². The first-order valence-corrected chi connectivity index (χ1v) is 9.20. The van der Waals surface area contributed by atoms with E-state index in [4.69, 9.17) is 5.11 Å². The second-order valence-corrected chi connectivity index (χ2v) is 8.02. The van der Waals surface area contributed by atoms with Crippen LogP contribution in [0.1, 0.15) is 32.6 Å². The van der Waals surface area contributed by atoms with Crippen molar-refractivity contribution in [3.63, 3.8) is 0 Å². The van der Waals surface area contributed by atoms with Crippen LogP contribution >= 0.6 is 0 Å². The van der Waals surface area contributed by atoms with Crippen LogP contribution in [-0.4, -0.2) is 50.1 Å². The summed E-state index contributed by atoms with van der Waals surface area (Å²) in [5.41, 5.74) is 0. The maximum atomic E-state index is 11.7. The van der Waals surface area contributed by atoms with E-state index in [1.807, 2.05) is 0 Å². The summed E-state index contributed by atoms with van der Waals surface area (Å²) in [6.45, 7) is 1.91. The van der Waals surface area contributed by atoms with Gasteiger partial charge in [0.05, 0.1) is 11.7 Å². The Balaban J connectivity index is 2.39. The van der Waals surface area contributed by atoms with Crippen molar-refractivity contribution in [2.24, 2.45) is 11.8 Å². The summed E-state index contributed by atoms with van der Waals surface area (Å²) in [6, 6.07) is -0.942. The van der Waals surface area contributed by atoms with Gasteiger partial charge in [0.15, 0.2) is 0 Å². The molecule has 0 aromatic carbocycles. The van der Waals surface area contributed by atoms with E-state index in [9.17, 15) is 18.0 Å². The van der Waals surface area contributed by atoms with Crippen LogP contribution in [0.2, 0.25) is 0 Å². The average Bonchev–Trinajstić information content (AvgIpc) is 2.34. The lowest BCUT2D eigenvalue weighted by Gasteiger charge is -2.28. The van der Waals surface area contributed by atoms with E-state index < -0.39 is 33.8 Å². The van der Waals surface area contributed by atoms with Gasteiger partial charge < -0.3 is 15.7 Å². The van der Waals surface area contributed by atoms with Crippen LogP contribution in [0.25, 0.3) is 0 Å². The number of sulfone groups is 1. The first-order chi connectivity index (χ1) is 9.69. The normalized spacial score (nSPS) is 24.1. The van der Waals surface area contributed by atoms with Gasteiger partial charge in [0.1, 0.15) is 9.84 Å². The summed E-state index contributed by atoms with van der Waals surface area (Å²) in [5, 5.41) is 14.3. The maximum Gasteiger partial charge on any atom is 0.315 e. The first kappa shape index (κ1) is 17.7. The molecule has 2 amide bonds. The van der Waals surface area contributed by atoms with Crippen molar-refractivity contribution in [1.82, 2.24) is 10.6 Å². The van der Waals surface area contributed by atoms with Crippen molar-refractivity contribution in [3.8, 4) is 0 Å². The first-order valence-electron chi connectivity index (χ1n) is 7.14. The SMILES string of the molecule is CC(CS(C)(=O)=O)NC(=O)NCC1CCCCC1C(=O)O. The molecular formula is C13H24N2O5S. The third-order valence-corrected chi connectivity index (χ3v) is 4.79. The fraction of sp³-hybridized carbons (Fsp3) is 0.846. The van der Waals surface area contributed by atoms with Gasteiger partial charge in [-0.1, -0.05) is 12.8 Å². The summed E-state index contributed by atoms with van der Waals surface area (Å²) in [7, 11) is -3.14. The summed E-state index contributed by atoms with van der Waals surface area (Å²) < 4.78 is 22.2. The van der Waals surface area contributed by atoms with Gasteiger partial charge in [-0.15, -0.1) is 0 Å². The Bertz CT molecular complexity index is 477. The van der Waals surface area contributed by atoms with Gasteiger partial charge in [-0.25, -0.2) is 13.2 Å². The molecule has 0 aliphatic heterocycles. The van der Waals surface area contributed by atoms with Gasteiger partial charge in [0.25, 0.3) is 0 Å². The Labute approximate surface area is 125 Å². The predicted octanol–water partition coefficient (Wildman–Crippen LogP) is 0.610. The highest BCUT2D eigenvalue weighted by Crippen LogP contribution is 2.29. The van der Waals surface area contributed by atoms with Crippen molar-refractivity contribution in [1.29, 1.82) is 0 Å². The lowest BCUT2D eigenvalue weighted by atomic mass is 9.79. The molecule has 1 aliphatic carbocycles. The number of amides is 2. The van der Waals surface area contributed by atoms with Crippen molar-refractivity contribution in [2.75, 3.05) is 18.6 Å². The fourth-order valence-corrected chi connectivity index (χ4v) is 3.76. The van der Waals surface area contributed by atoms with Crippen molar-refractivity contribution in [2.45, 2.75) is 38.6 Å². The molecule has 0 saturated heterocycles. The Hall–Kier alpha value is -1.31. The Morgan fingerprint density at radius 2 is 1.90 bits per heavy atom. The molecule has 3 unspecified atom stereocenters. The molecule has 0 aromatic heterocycles. The summed E-state index contributed by atoms with van der Waals surface area (Å²) in [6.07, 6.45) is 4.43. The zero-order valence-corrected chi connectivity index (χ0v) is 13.3. The smallest absolute Gasteiger partial charge is 0.315 e. The molecule has 0 aromatic rings. The van der Waals surface area contributed by atoms with E-state index in [0.717, 1.165) is 25.5 Å². The largest absolute Gasteiger partial charge is 0.481 e. The molecule has 1 aliphatic rings. The van der Waals surface area contributed by atoms with Gasteiger partial charge in [-0.2, -0.15) is 0 Å². The highest BCUT2D eigenvalue weighted by Gasteiger charge is 2.30. The molecule has 0 heterocycles. The highest BCUT2D eigenvalue weighted by molar-refractivity contribution is 7.90. The molecule has 7 nitrogen and oxygen atoms in total. The van der Waals surface area contributed by atoms with Crippen LogP contribution in [0.4, 0.5) is 4.79 Å². The Morgan fingerprint density at radius 1 is 1.29 bits per heavy atom. The van der Waals surface area contributed by atoms with Gasteiger partial charge in [-0.3, -0.25) is 4.79 Å². The minimum absolute atomic E-state index is 0.0628. The maximum absolute atomic E-state index is 11.7. The number of hydrogen-bond donors (Lipinski definition) is 3. The van der Waals surface area contributed by atoms with E-state index in [2.05, 4.69) is 10.6 Å². The third-order valence-electron chi connectivity index (χ3n) is 3.68. The molecule has 1 fully saturated rings. The van der Waals surface area contributed by atoms with Gasteiger partial charge in [0.2, 0.25) is 0 Å². The van der Waals surface area contributed by atoms with Crippen molar-refractivity contribution in [3.05, 3.63) is 0 Å². The summed E-state index contributed by atoms with van der Waals surface area (Å²) >= 11 is 0. The predicted molar refractivity (Wildman–Crippen MR) is 78.8 cm³/mol. The zero-order valence-electron chi connectivity index (χ0n) is 12.5. The van der Waals surface area contributed by atoms with Crippen LogP contribution < -0.4 is 10.6 Å². The number of carbonyl (C=O) groups excluding carboxylic acids is 1. The minimum atomic E-state index is -3.14. The number of carboxylic acid groups (broad SMARTS) is 1. The molecule has 3 N–H and O–H groups in total. The minimum Gasteiger partial charge on any atom is -0.481 e. The van der Waals surface area contributed by atoms with Crippen LogP contribution in [0.5, 0.6) is 0 Å². The topological polar surface area (TPSA) is 113 Å². The molecule has 1 rings (SSSR count). The molecule has 122 valence electrons. The molecule has 0 bridgehead atoms. The third kappa shape index (κ3) is 6.79. The molecular weight excluding hydrogens is 296 g/mol. The molecule has 8 heteroatoms. The highest BCUT2D eigenvalue weighted by atomic mass is 32.2. The second-order valence-electron chi connectivity index (χ2n) is 5.84. The lowest BCUT2D eigenvalue weighted by Crippen LogP contribution is -2.46. The number of carboxylic acids is 1. The van der Waals surface area contributed by atoms with Crippen LogP contribution in [0.3, 0.4) is 0 Å². The molecule has 21 heavy (non-hydrogen) atoms. The van der Waals surface area contributed by atoms with E-state index >= 15 is 0 Å². The molecule has 3 atom stereocenters. The number of nitrogens with one attached hydrogen (secondary N) is 2. The van der Waals surface area contributed by atoms with Crippen LogP contribution in [-0.2, 0) is 14.6 Å². The van der Waals surface area contributed by atoms with Crippen molar-refractivity contribution < 1.29 is 23.1 Å². The lowest BCUT2D eigenvalue weighted by molar-refractivity contribution is -0.144. The monoisotopic (exact) mass is 320 g/mol. The van der Waals surface area contributed by atoms with Crippen LogP contribution in [0.15, 0.2) is 0 Å². The number of carbonyl (C=O) groups is 2. The second kappa shape index (κ2) is 7.63. The Kier molecular flexibility index (Phi) is 6.44. The zero-order chi connectivity index (χ0) is 16.0. The average molecular weight is 320 g/mol. The van der Waals surface area contributed by atoms with Gasteiger partial charge in [-0.05, 0) is 25.7 Å². The summed E-state index contributed by atoms with van der Waals surface area (Å²) in [5.74, 6) is -1.41. The Morgan fingerprint density at radius 3 is 2.48 bits per heavy atom. The van der Waals surface area contributed by atoms with Crippen LogP contribution in [0, 0.1) is 11.8 Å². The number of urea groups is 1. The quantitative estimate of drug-likeness (QED) is 0.664. The van der Waals surface area contributed by atoms with E-state index in [1.165, 1.54) is 0 Å².